The number of hydrogen-bond acceptors (Lipinski definition) is 2. The highest BCUT2D eigenvalue weighted by Gasteiger charge is 2.57. The van der Waals surface area contributed by atoms with Gasteiger partial charge < -0.3 is 9.84 Å². The highest BCUT2D eigenvalue weighted by atomic mass is 16.5. The molecule has 0 amide bonds. The van der Waals surface area contributed by atoms with Crippen molar-refractivity contribution in [1.29, 1.82) is 0 Å². The molecule has 0 radical (unpaired) electrons. The summed E-state index contributed by atoms with van der Waals surface area (Å²) in [5, 5.41) is 9.36. The maximum Gasteiger partial charge on any atom is 0.309 e. The van der Waals surface area contributed by atoms with Crippen LogP contribution in [0.15, 0.2) is 0 Å². The van der Waals surface area contributed by atoms with Crippen molar-refractivity contribution in [3.05, 3.63) is 0 Å². The van der Waals surface area contributed by atoms with Crippen LogP contribution in [0.25, 0.3) is 0 Å². The number of fused-ring (bicyclic) bond motifs is 1. The zero-order valence-corrected chi connectivity index (χ0v) is 10.2. The average molecular weight is 226 g/mol. The van der Waals surface area contributed by atoms with Gasteiger partial charge in [0, 0.05) is 13.2 Å². The SMILES string of the molecule is CC(C)COCCC1(C(=O)O)CC2CC2C1. The lowest BCUT2D eigenvalue weighted by atomic mass is 9.80. The van der Waals surface area contributed by atoms with Crippen molar-refractivity contribution in [2.75, 3.05) is 13.2 Å². The first kappa shape index (κ1) is 11.9. The second-order valence-electron chi connectivity index (χ2n) is 5.97. The molecule has 0 spiro atoms. The minimum atomic E-state index is -0.604. The number of aliphatic carboxylic acids is 1. The van der Waals surface area contributed by atoms with Gasteiger partial charge in [-0.25, -0.2) is 0 Å². The van der Waals surface area contributed by atoms with Crippen LogP contribution in [0, 0.1) is 23.2 Å². The molecule has 0 saturated heterocycles. The van der Waals surface area contributed by atoms with Crippen molar-refractivity contribution in [1.82, 2.24) is 0 Å². The van der Waals surface area contributed by atoms with E-state index in [0.717, 1.165) is 19.4 Å². The lowest BCUT2D eigenvalue weighted by molar-refractivity contribution is -0.150. The summed E-state index contributed by atoms with van der Waals surface area (Å²) < 4.78 is 5.52. The summed E-state index contributed by atoms with van der Waals surface area (Å²) in [7, 11) is 0. The molecule has 0 heterocycles. The largest absolute Gasteiger partial charge is 0.481 e. The van der Waals surface area contributed by atoms with Crippen molar-refractivity contribution in [3.8, 4) is 0 Å². The van der Waals surface area contributed by atoms with Gasteiger partial charge in [0.1, 0.15) is 0 Å². The van der Waals surface area contributed by atoms with E-state index in [4.69, 9.17) is 4.74 Å². The van der Waals surface area contributed by atoms with E-state index in [1.165, 1.54) is 6.42 Å². The zero-order chi connectivity index (χ0) is 11.8. The van der Waals surface area contributed by atoms with Crippen LogP contribution in [0.2, 0.25) is 0 Å². The molecule has 2 rings (SSSR count). The highest BCUT2D eigenvalue weighted by Crippen LogP contribution is 2.61. The zero-order valence-electron chi connectivity index (χ0n) is 10.2. The Bertz CT molecular complexity index is 262. The second kappa shape index (κ2) is 4.36. The van der Waals surface area contributed by atoms with Gasteiger partial charge in [-0.2, -0.15) is 0 Å². The fourth-order valence-corrected chi connectivity index (χ4v) is 2.97. The summed E-state index contributed by atoms with van der Waals surface area (Å²) >= 11 is 0. The Kier molecular flexibility index (Phi) is 3.24. The summed E-state index contributed by atoms with van der Waals surface area (Å²) in [6, 6.07) is 0. The first-order chi connectivity index (χ1) is 7.53. The molecule has 16 heavy (non-hydrogen) atoms. The Labute approximate surface area is 97.2 Å². The van der Waals surface area contributed by atoms with Crippen LogP contribution in [0.5, 0.6) is 0 Å². The predicted molar refractivity (Wildman–Crippen MR) is 61.2 cm³/mol. The predicted octanol–water partition coefficient (Wildman–Crippen LogP) is 2.55. The summed E-state index contributed by atoms with van der Waals surface area (Å²) in [5.74, 6) is 1.34. The molecule has 1 N–H and O–H groups in total. The van der Waals surface area contributed by atoms with Crippen molar-refractivity contribution in [3.63, 3.8) is 0 Å². The molecular formula is C13H22O3. The van der Waals surface area contributed by atoms with Crippen LogP contribution in [-0.4, -0.2) is 24.3 Å². The first-order valence-electron chi connectivity index (χ1n) is 6.35. The second-order valence-corrected chi connectivity index (χ2v) is 5.97. The molecule has 3 nitrogen and oxygen atoms in total. The van der Waals surface area contributed by atoms with E-state index >= 15 is 0 Å². The Balaban J connectivity index is 1.78. The third-order valence-electron chi connectivity index (χ3n) is 4.00. The Morgan fingerprint density at radius 1 is 1.44 bits per heavy atom. The lowest BCUT2D eigenvalue weighted by Crippen LogP contribution is -2.31. The Hall–Kier alpha value is -0.570. The van der Waals surface area contributed by atoms with Gasteiger partial charge in [-0.1, -0.05) is 13.8 Å². The van der Waals surface area contributed by atoms with E-state index in [1.54, 1.807) is 0 Å². The molecule has 0 aromatic carbocycles. The molecular weight excluding hydrogens is 204 g/mol. The number of carboxylic acid groups (broad SMARTS) is 1. The lowest BCUT2D eigenvalue weighted by Gasteiger charge is -2.25. The van der Waals surface area contributed by atoms with Gasteiger partial charge >= 0.3 is 5.97 Å². The van der Waals surface area contributed by atoms with Gasteiger partial charge in [-0.05, 0) is 43.4 Å². The molecule has 3 heteroatoms. The standard InChI is InChI=1S/C13H22O3/c1-9(2)8-16-4-3-13(12(14)15)6-10-5-11(10)7-13/h9-11H,3-8H2,1-2H3,(H,14,15). The van der Waals surface area contributed by atoms with Crippen molar-refractivity contribution >= 4 is 5.97 Å². The smallest absolute Gasteiger partial charge is 0.309 e. The van der Waals surface area contributed by atoms with Crippen molar-refractivity contribution < 1.29 is 14.6 Å². The topological polar surface area (TPSA) is 46.5 Å². The fourth-order valence-electron chi connectivity index (χ4n) is 2.97. The molecule has 2 aliphatic carbocycles. The van der Waals surface area contributed by atoms with E-state index in [0.29, 0.717) is 30.8 Å². The molecule has 2 unspecified atom stereocenters. The normalized spacial score (nSPS) is 36.4. The van der Waals surface area contributed by atoms with Crippen LogP contribution in [0.3, 0.4) is 0 Å². The van der Waals surface area contributed by atoms with Crippen LogP contribution >= 0.6 is 0 Å². The monoisotopic (exact) mass is 226 g/mol. The van der Waals surface area contributed by atoms with Gasteiger partial charge in [0.25, 0.3) is 0 Å². The maximum atomic E-state index is 11.4. The van der Waals surface area contributed by atoms with Gasteiger partial charge in [0.15, 0.2) is 0 Å². The van der Waals surface area contributed by atoms with Crippen molar-refractivity contribution in [2.24, 2.45) is 23.2 Å². The van der Waals surface area contributed by atoms with Gasteiger partial charge in [0.2, 0.25) is 0 Å². The number of carbonyl (C=O) groups is 1. The van der Waals surface area contributed by atoms with E-state index in [2.05, 4.69) is 13.8 Å². The maximum absolute atomic E-state index is 11.4. The summed E-state index contributed by atoms with van der Waals surface area (Å²) in [6.45, 7) is 5.56. The highest BCUT2D eigenvalue weighted by molar-refractivity contribution is 5.75. The molecule has 2 saturated carbocycles. The van der Waals surface area contributed by atoms with Crippen LogP contribution < -0.4 is 0 Å². The van der Waals surface area contributed by atoms with Gasteiger partial charge in [-0.15, -0.1) is 0 Å². The molecule has 0 aromatic rings. The summed E-state index contributed by atoms with van der Waals surface area (Å²) in [4.78, 5) is 11.4. The van der Waals surface area contributed by atoms with E-state index in [9.17, 15) is 9.90 Å². The third kappa shape index (κ3) is 2.40. The van der Waals surface area contributed by atoms with Crippen molar-refractivity contribution in [2.45, 2.75) is 39.5 Å². The van der Waals surface area contributed by atoms with Gasteiger partial charge in [-0.3, -0.25) is 4.79 Å². The first-order valence-corrected chi connectivity index (χ1v) is 6.35. The average Bonchev–Trinajstić information content (AvgIpc) is 2.81. The quantitative estimate of drug-likeness (QED) is 0.708. The molecule has 0 bridgehead atoms. The minimum absolute atomic E-state index is 0.454. The Morgan fingerprint density at radius 3 is 2.56 bits per heavy atom. The molecule has 2 fully saturated rings. The van der Waals surface area contributed by atoms with Crippen LogP contribution in [-0.2, 0) is 9.53 Å². The minimum Gasteiger partial charge on any atom is -0.481 e. The molecule has 0 aromatic heterocycles. The molecule has 92 valence electrons. The molecule has 0 aliphatic heterocycles. The third-order valence-corrected chi connectivity index (χ3v) is 4.00. The van der Waals surface area contributed by atoms with E-state index in [1.807, 2.05) is 0 Å². The van der Waals surface area contributed by atoms with Crippen LogP contribution in [0.4, 0.5) is 0 Å². The summed E-state index contributed by atoms with van der Waals surface area (Å²) in [6.07, 6.45) is 3.74. The van der Waals surface area contributed by atoms with E-state index < -0.39 is 11.4 Å². The summed E-state index contributed by atoms with van der Waals surface area (Å²) in [5.41, 5.74) is -0.454. The fraction of sp³-hybridized carbons (Fsp3) is 0.923. The Morgan fingerprint density at radius 2 is 2.06 bits per heavy atom. The molecule has 2 aliphatic rings. The number of rotatable bonds is 6. The molecule has 2 atom stereocenters. The number of hydrogen-bond donors (Lipinski definition) is 1. The number of carboxylic acids is 1. The number of ether oxygens (including phenoxy) is 1. The van der Waals surface area contributed by atoms with Gasteiger partial charge in [0.05, 0.1) is 5.41 Å². The van der Waals surface area contributed by atoms with E-state index in [-0.39, 0.29) is 0 Å². The van der Waals surface area contributed by atoms with Crippen LogP contribution in [0.1, 0.15) is 39.5 Å².